The van der Waals surface area contributed by atoms with E-state index < -0.39 is 0 Å². The first kappa shape index (κ1) is 9.01. The van der Waals surface area contributed by atoms with Crippen LogP contribution in [0.2, 0.25) is 0 Å². The van der Waals surface area contributed by atoms with Crippen LogP contribution in [0, 0.1) is 11.8 Å². The highest BCUT2D eigenvalue weighted by Crippen LogP contribution is 2.24. The van der Waals surface area contributed by atoms with Crippen LogP contribution in [0.5, 0.6) is 0 Å². The van der Waals surface area contributed by atoms with Crippen molar-refractivity contribution < 1.29 is 5.11 Å². The molecule has 1 N–H and O–H groups in total. The topological polar surface area (TPSA) is 23.5 Å². The summed E-state index contributed by atoms with van der Waals surface area (Å²) in [6.07, 6.45) is 0. The molecule has 1 fully saturated rings. The molecular formula is C9H19NO. The highest BCUT2D eigenvalue weighted by Gasteiger charge is 2.31. The molecule has 2 heteroatoms. The summed E-state index contributed by atoms with van der Waals surface area (Å²) in [6, 6.07) is 0.726. The molecule has 0 bridgehead atoms. The second kappa shape index (κ2) is 3.55. The first-order valence-corrected chi connectivity index (χ1v) is 4.50. The summed E-state index contributed by atoms with van der Waals surface area (Å²) in [5, 5.41) is 8.83. The molecule has 0 aromatic carbocycles. The van der Waals surface area contributed by atoms with E-state index in [-0.39, 0.29) is 0 Å². The summed E-state index contributed by atoms with van der Waals surface area (Å²) in [7, 11) is 0. The van der Waals surface area contributed by atoms with Crippen molar-refractivity contribution in [3.05, 3.63) is 0 Å². The third-order valence-electron chi connectivity index (χ3n) is 2.78. The van der Waals surface area contributed by atoms with Crippen molar-refractivity contribution >= 4 is 0 Å². The summed E-state index contributed by atoms with van der Waals surface area (Å²) in [5.74, 6) is 1.28. The minimum absolute atomic E-state index is 0.317. The van der Waals surface area contributed by atoms with E-state index in [1.807, 2.05) is 0 Å². The maximum absolute atomic E-state index is 8.83. The Morgan fingerprint density at radius 1 is 1.55 bits per heavy atom. The quantitative estimate of drug-likeness (QED) is 0.659. The Morgan fingerprint density at radius 2 is 2.18 bits per heavy atom. The van der Waals surface area contributed by atoms with E-state index in [0.29, 0.717) is 12.5 Å². The van der Waals surface area contributed by atoms with Crippen LogP contribution in [0.15, 0.2) is 0 Å². The number of rotatable bonds is 3. The van der Waals surface area contributed by atoms with Gasteiger partial charge in [0.25, 0.3) is 0 Å². The summed E-state index contributed by atoms with van der Waals surface area (Å²) >= 11 is 0. The summed E-state index contributed by atoms with van der Waals surface area (Å²) in [6.45, 7) is 9.23. The van der Waals surface area contributed by atoms with Crippen molar-refractivity contribution in [1.82, 2.24) is 4.90 Å². The van der Waals surface area contributed by atoms with E-state index in [9.17, 15) is 0 Å². The molecule has 1 heterocycles. The highest BCUT2D eigenvalue weighted by atomic mass is 16.3. The van der Waals surface area contributed by atoms with Gasteiger partial charge < -0.3 is 5.11 Å². The Morgan fingerprint density at radius 3 is 2.55 bits per heavy atom. The predicted octanol–water partition coefficient (Wildman–Crippen LogP) is 0.955. The predicted molar refractivity (Wildman–Crippen MR) is 46.4 cm³/mol. The van der Waals surface area contributed by atoms with Gasteiger partial charge in [0.2, 0.25) is 0 Å². The van der Waals surface area contributed by atoms with E-state index >= 15 is 0 Å². The van der Waals surface area contributed by atoms with Gasteiger partial charge in [-0.15, -0.1) is 0 Å². The van der Waals surface area contributed by atoms with Crippen molar-refractivity contribution in [2.24, 2.45) is 11.8 Å². The smallest absolute Gasteiger partial charge is 0.0468 e. The van der Waals surface area contributed by atoms with Crippen LogP contribution in [0.1, 0.15) is 20.8 Å². The van der Waals surface area contributed by atoms with Gasteiger partial charge in [-0.05, 0) is 18.8 Å². The van der Waals surface area contributed by atoms with Crippen LogP contribution >= 0.6 is 0 Å². The lowest BCUT2D eigenvalue weighted by molar-refractivity contribution is 0.0177. The van der Waals surface area contributed by atoms with E-state index in [1.165, 1.54) is 6.54 Å². The fraction of sp³-hybridized carbons (Fsp3) is 1.00. The molecular weight excluding hydrogens is 138 g/mol. The van der Waals surface area contributed by atoms with E-state index in [4.69, 9.17) is 5.11 Å². The van der Waals surface area contributed by atoms with Gasteiger partial charge in [0, 0.05) is 25.7 Å². The van der Waals surface area contributed by atoms with Gasteiger partial charge in [-0.2, -0.15) is 0 Å². The normalized spacial score (nSPS) is 34.9. The zero-order valence-corrected chi connectivity index (χ0v) is 7.75. The largest absolute Gasteiger partial charge is 0.396 e. The fourth-order valence-electron chi connectivity index (χ4n) is 1.61. The molecule has 0 radical (unpaired) electrons. The molecule has 3 unspecified atom stereocenters. The van der Waals surface area contributed by atoms with Gasteiger partial charge >= 0.3 is 0 Å². The van der Waals surface area contributed by atoms with E-state index in [2.05, 4.69) is 25.7 Å². The third-order valence-corrected chi connectivity index (χ3v) is 2.78. The number of hydrogen-bond donors (Lipinski definition) is 1. The monoisotopic (exact) mass is 157 g/mol. The first-order chi connectivity index (χ1) is 5.15. The van der Waals surface area contributed by atoms with E-state index in [0.717, 1.165) is 18.5 Å². The minimum Gasteiger partial charge on any atom is -0.396 e. The molecule has 1 rings (SSSR count). The van der Waals surface area contributed by atoms with Gasteiger partial charge in [-0.25, -0.2) is 0 Å². The molecule has 0 amide bonds. The van der Waals surface area contributed by atoms with Crippen LogP contribution in [-0.4, -0.2) is 35.7 Å². The average Bonchev–Trinajstić information content (AvgIpc) is 2.03. The standard InChI is InChI=1S/C9H19NO/c1-7(6-11)4-10-5-8(2)9(10)3/h7-9,11H,4-6H2,1-3H3. The SMILES string of the molecule is CC(CO)CN1CC(C)C1C. The molecule has 3 atom stereocenters. The average molecular weight is 157 g/mol. The molecule has 2 nitrogen and oxygen atoms in total. The first-order valence-electron chi connectivity index (χ1n) is 4.50. The molecule has 0 spiro atoms. The number of aliphatic hydroxyl groups is 1. The van der Waals surface area contributed by atoms with Crippen LogP contribution < -0.4 is 0 Å². The Bertz CT molecular complexity index is 127. The molecule has 11 heavy (non-hydrogen) atoms. The van der Waals surface area contributed by atoms with Crippen LogP contribution in [0.25, 0.3) is 0 Å². The number of nitrogens with zero attached hydrogens (tertiary/aromatic N) is 1. The maximum atomic E-state index is 8.83. The molecule has 66 valence electrons. The molecule has 0 aromatic rings. The van der Waals surface area contributed by atoms with Crippen molar-refractivity contribution in [1.29, 1.82) is 0 Å². The van der Waals surface area contributed by atoms with Gasteiger partial charge in [0.1, 0.15) is 0 Å². The van der Waals surface area contributed by atoms with Gasteiger partial charge in [-0.1, -0.05) is 13.8 Å². The third kappa shape index (κ3) is 1.94. The van der Waals surface area contributed by atoms with Crippen molar-refractivity contribution in [2.75, 3.05) is 19.7 Å². The molecule has 1 aliphatic rings. The maximum Gasteiger partial charge on any atom is 0.0468 e. The number of hydrogen-bond acceptors (Lipinski definition) is 2. The number of likely N-dealkylation sites (tertiary alicyclic amines) is 1. The Labute approximate surface area is 69.2 Å². The van der Waals surface area contributed by atoms with Gasteiger partial charge in [0.15, 0.2) is 0 Å². The summed E-state index contributed by atoms with van der Waals surface area (Å²) in [5.41, 5.74) is 0. The second-order valence-corrected chi connectivity index (χ2v) is 3.96. The lowest BCUT2D eigenvalue weighted by Crippen LogP contribution is -2.54. The zero-order valence-electron chi connectivity index (χ0n) is 7.75. The second-order valence-electron chi connectivity index (χ2n) is 3.96. The fourth-order valence-corrected chi connectivity index (χ4v) is 1.61. The van der Waals surface area contributed by atoms with Crippen LogP contribution in [0.4, 0.5) is 0 Å². The molecule has 0 saturated carbocycles. The summed E-state index contributed by atoms with van der Waals surface area (Å²) < 4.78 is 0. The minimum atomic E-state index is 0.317. The van der Waals surface area contributed by atoms with Gasteiger partial charge in [-0.3, -0.25) is 4.90 Å². The van der Waals surface area contributed by atoms with Crippen LogP contribution in [-0.2, 0) is 0 Å². The number of aliphatic hydroxyl groups excluding tert-OH is 1. The van der Waals surface area contributed by atoms with Crippen molar-refractivity contribution in [3.63, 3.8) is 0 Å². The highest BCUT2D eigenvalue weighted by molar-refractivity contribution is 4.86. The molecule has 0 aliphatic carbocycles. The van der Waals surface area contributed by atoms with Crippen molar-refractivity contribution in [2.45, 2.75) is 26.8 Å². The Hall–Kier alpha value is -0.0800. The molecule has 1 saturated heterocycles. The molecule has 1 aliphatic heterocycles. The van der Waals surface area contributed by atoms with Gasteiger partial charge in [0.05, 0.1) is 0 Å². The zero-order chi connectivity index (χ0) is 8.43. The lowest BCUT2D eigenvalue weighted by atomic mass is 9.91. The van der Waals surface area contributed by atoms with Crippen molar-refractivity contribution in [3.8, 4) is 0 Å². The van der Waals surface area contributed by atoms with E-state index in [1.54, 1.807) is 0 Å². The lowest BCUT2D eigenvalue weighted by Gasteiger charge is -2.45. The Balaban J connectivity index is 2.19. The summed E-state index contributed by atoms with van der Waals surface area (Å²) in [4.78, 5) is 2.44. The molecule has 0 aromatic heterocycles. The van der Waals surface area contributed by atoms with Crippen LogP contribution in [0.3, 0.4) is 0 Å². The Kier molecular flexibility index (Phi) is 2.90.